The fraction of sp³-hybridized carbons (Fsp3) is 0.947. The summed E-state index contributed by atoms with van der Waals surface area (Å²) in [6, 6.07) is 0. The fourth-order valence-electron chi connectivity index (χ4n) is 4.13. The van der Waals surface area contributed by atoms with Crippen LogP contribution in [0.15, 0.2) is 4.99 Å². The second kappa shape index (κ2) is 9.35. The summed E-state index contributed by atoms with van der Waals surface area (Å²) < 4.78 is 17.4. The van der Waals surface area contributed by atoms with Crippen molar-refractivity contribution in [3.63, 3.8) is 0 Å². The Balaban J connectivity index is 1.67. The maximum atomic E-state index is 6.00. The van der Waals surface area contributed by atoms with Crippen LogP contribution in [0.2, 0.25) is 0 Å². The van der Waals surface area contributed by atoms with E-state index in [1.165, 1.54) is 0 Å². The van der Waals surface area contributed by atoms with Gasteiger partial charge in [0, 0.05) is 45.0 Å². The fourth-order valence-corrected chi connectivity index (χ4v) is 4.13. The van der Waals surface area contributed by atoms with Gasteiger partial charge in [0.05, 0.1) is 19.3 Å². The van der Waals surface area contributed by atoms with Gasteiger partial charge in [-0.2, -0.15) is 0 Å². The molecule has 0 saturated carbocycles. The summed E-state index contributed by atoms with van der Waals surface area (Å²) >= 11 is 0. The molecule has 0 aromatic heterocycles. The number of hydrogen-bond acceptors (Lipinski definition) is 5. The highest BCUT2D eigenvalue weighted by atomic mass is 16.5. The summed E-state index contributed by atoms with van der Waals surface area (Å²) in [5.41, 5.74) is 0.0964. The average molecular weight is 369 g/mol. The van der Waals surface area contributed by atoms with E-state index in [0.29, 0.717) is 0 Å². The van der Waals surface area contributed by atoms with E-state index in [9.17, 15) is 0 Å². The number of likely N-dealkylation sites (N-methyl/N-ethyl adjacent to an activating group) is 1. The van der Waals surface area contributed by atoms with Crippen LogP contribution in [-0.4, -0.2) is 100 Å². The highest BCUT2D eigenvalue weighted by Crippen LogP contribution is 2.26. The van der Waals surface area contributed by atoms with Crippen LogP contribution in [0, 0.1) is 0 Å². The molecule has 3 aliphatic rings. The third kappa shape index (κ3) is 4.68. The van der Waals surface area contributed by atoms with E-state index in [1.807, 2.05) is 0 Å². The van der Waals surface area contributed by atoms with Crippen LogP contribution in [-0.2, 0) is 14.2 Å². The van der Waals surface area contributed by atoms with E-state index < -0.39 is 0 Å². The highest BCUT2D eigenvalue weighted by Gasteiger charge is 2.36. The molecule has 7 nitrogen and oxygen atoms in total. The van der Waals surface area contributed by atoms with Gasteiger partial charge in [0.25, 0.3) is 0 Å². The molecule has 3 fully saturated rings. The minimum atomic E-state index is 0.0964. The molecule has 26 heavy (non-hydrogen) atoms. The molecule has 3 heterocycles. The maximum absolute atomic E-state index is 6.00. The van der Waals surface area contributed by atoms with Crippen LogP contribution in [0.4, 0.5) is 0 Å². The Morgan fingerprint density at radius 2 is 1.92 bits per heavy atom. The number of nitrogens with zero attached hydrogens (tertiary/aromatic N) is 3. The summed E-state index contributed by atoms with van der Waals surface area (Å²) in [5, 5.41) is 3.49. The Labute approximate surface area is 158 Å². The van der Waals surface area contributed by atoms with Gasteiger partial charge in [0.15, 0.2) is 5.96 Å². The van der Waals surface area contributed by atoms with Crippen molar-refractivity contribution in [1.82, 2.24) is 15.1 Å². The number of rotatable bonds is 5. The quantitative estimate of drug-likeness (QED) is 0.576. The molecular weight excluding hydrogens is 332 g/mol. The molecule has 3 rings (SSSR count). The molecule has 3 aliphatic heterocycles. The Bertz CT molecular complexity index is 460. The number of morpholine rings is 1. The van der Waals surface area contributed by atoms with Gasteiger partial charge in [-0.05, 0) is 46.7 Å². The standard InChI is InChI=1S/C19H36N4O3/c1-4-20-18(21-15-19(22(2)3)7-11-24-12-8-19)23-9-13-26-17(14-23)16-6-5-10-25-16/h16-17H,4-15H2,1-3H3,(H,20,21). The van der Waals surface area contributed by atoms with Crippen molar-refractivity contribution in [1.29, 1.82) is 0 Å². The summed E-state index contributed by atoms with van der Waals surface area (Å²) in [4.78, 5) is 9.73. The van der Waals surface area contributed by atoms with Gasteiger partial charge in [-0.15, -0.1) is 0 Å². The number of guanidine groups is 1. The van der Waals surface area contributed by atoms with E-state index in [2.05, 4.69) is 36.1 Å². The van der Waals surface area contributed by atoms with E-state index in [-0.39, 0.29) is 17.7 Å². The molecule has 7 heteroatoms. The van der Waals surface area contributed by atoms with E-state index in [1.54, 1.807) is 0 Å². The van der Waals surface area contributed by atoms with E-state index >= 15 is 0 Å². The van der Waals surface area contributed by atoms with E-state index in [4.69, 9.17) is 19.2 Å². The Morgan fingerprint density at radius 1 is 1.15 bits per heavy atom. The summed E-state index contributed by atoms with van der Waals surface area (Å²) in [7, 11) is 4.33. The topological polar surface area (TPSA) is 58.6 Å². The summed E-state index contributed by atoms with van der Waals surface area (Å²) in [5.74, 6) is 1.01. The molecule has 0 spiro atoms. The third-order valence-electron chi connectivity index (χ3n) is 6.00. The molecule has 0 aromatic carbocycles. The minimum absolute atomic E-state index is 0.0964. The molecular formula is C19H36N4O3. The van der Waals surface area contributed by atoms with Gasteiger partial charge in [0.2, 0.25) is 0 Å². The summed E-state index contributed by atoms with van der Waals surface area (Å²) in [6.45, 7) is 8.79. The zero-order valence-electron chi connectivity index (χ0n) is 16.7. The second-order valence-electron chi connectivity index (χ2n) is 7.81. The van der Waals surface area contributed by atoms with Crippen molar-refractivity contribution in [2.75, 3.05) is 66.7 Å². The van der Waals surface area contributed by atoms with E-state index in [0.717, 1.165) is 84.2 Å². The lowest BCUT2D eigenvalue weighted by Crippen LogP contribution is -2.55. The molecule has 3 saturated heterocycles. The highest BCUT2D eigenvalue weighted by molar-refractivity contribution is 5.80. The minimum Gasteiger partial charge on any atom is -0.381 e. The van der Waals surface area contributed by atoms with Gasteiger partial charge >= 0.3 is 0 Å². The number of ether oxygens (including phenoxy) is 3. The smallest absolute Gasteiger partial charge is 0.194 e. The summed E-state index contributed by atoms with van der Waals surface area (Å²) in [6.07, 6.45) is 4.71. The molecule has 1 N–H and O–H groups in total. The molecule has 0 aromatic rings. The first-order valence-corrected chi connectivity index (χ1v) is 10.2. The Hall–Kier alpha value is -0.890. The SMILES string of the molecule is CCNC(=NCC1(N(C)C)CCOCC1)N1CCOC(C2CCCO2)C1. The average Bonchev–Trinajstić information content (AvgIpc) is 3.21. The third-order valence-corrected chi connectivity index (χ3v) is 6.00. The predicted molar refractivity (Wildman–Crippen MR) is 103 cm³/mol. The lowest BCUT2D eigenvalue weighted by Gasteiger charge is -2.42. The van der Waals surface area contributed by atoms with Crippen molar-refractivity contribution in [2.45, 2.75) is 50.4 Å². The number of hydrogen-bond donors (Lipinski definition) is 1. The zero-order chi connectivity index (χ0) is 18.4. The number of nitrogens with one attached hydrogen (secondary N) is 1. The Morgan fingerprint density at radius 3 is 2.58 bits per heavy atom. The van der Waals surface area contributed by atoms with Gasteiger partial charge in [-0.25, -0.2) is 0 Å². The largest absolute Gasteiger partial charge is 0.381 e. The molecule has 0 bridgehead atoms. The Kier molecular flexibility index (Phi) is 7.14. The first kappa shape index (κ1) is 19.9. The van der Waals surface area contributed by atoms with Crippen LogP contribution in [0.5, 0.6) is 0 Å². The van der Waals surface area contributed by atoms with Crippen molar-refractivity contribution in [2.24, 2.45) is 4.99 Å². The normalized spacial score (nSPS) is 30.0. The predicted octanol–water partition coefficient (Wildman–Crippen LogP) is 0.943. The van der Waals surface area contributed by atoms with Crippen molar-refractivity contribution in [3.8, 4) is 0 Å². The van der Waals surface area contributed by atoms with Crippen LogP contribution in [0.3, 0.4) is 0 Å². The zero-order valence-corrected chi connectivity index (χ0v) is 16.7. The van der Waals surface area contributed by atoms with Gasteiger partial charge in [-0.1, -0.05) is 0 Å². The van der Waals surface area contributed by atoms with Crippen LogP contribution in [0.1, 0.15) is 32.6 Å². The molecule has 2 unspecified atom stereocenters. The first-order valence-electron chi connectivity index (χ1n) is 10.2. The van der Waals surface area contributed by atoms with Crippen molar-refractivity contribution in [3.05, 3.63) is 0 Å². The monoisotopic (exact) mass is 368 g/mol. The van der Waals surface area contributed by atoms with Gasteiger partial charge in [0.1, 0.15) is 6.10 Å². The maximum Gasteiger partial charge on any atom is 0.194 e. The first-order chi connectivity index (χ1) is 12.6. The second-order valence-corrected chi connectivity index (χ2v) is 7.81. The lowest BCUT2D eigenvalue weighted by atomic mass is 9.89. The van der Waals surface area contributed by atoms with Crippen LogP contribution >= 0.6 is 0 Å². The molecule has 0 radical (unpaired) electrons. The van der Waals surface area contributed by atoms with Crippen molar-refractivity contribution >= 4 is 5.96 Å². The molecule has 0 amide bonds. The van der Waals surface area contributed by atoms with Gasteiger partial charge in [-0.3, -0.25) is 4.99 Å². The molecule has 0 aliphatic carbocycles. The van der Waals surface area contributed by atoms with Crippen LogP contribution < -0.4 is 5.32 Å². The van der Waals surface area contributed by atoms with Crippen molar-refractivity contribution < 1.29 is 14.2 Å². The van der Waals surface area contributed by atoms with Crippen LogP contribution in [0.25, 0.3) is 0 Å². The molecule has 150 valence electrons. The number of aliphatic imine (C=N–C) groups is 1. The van der Waals surface area contributed by atoms with Gasteiger partial charge < -0.3 is 29.3 Å². The lowest BCUT2D eigenvalue weighted by molar-refractivity contribution is -0.0817. The molecule has 2 atom stereocenters.